The second kappa shape index (κ2) is 5.43. The first-order valence-corrected chi connectivity index (χ1v) is 5.78. The number of esters is 1. The first kappa shape index (κ1) is 11.6. The smallest absolute Gasteiger partial charge is 0.343 e. The summed E-state index contributed by atoms with van der Waals surface area (Å²) in [6, 6.07) is 8.70. The fourth-order valence-electron chi connectivity index (χ4n) is 1.73. The second-order valence-electron chi connectivity index (χ2n) is 3.99. The standard InChI is InChI=1S/C14H14O3/c15-12-9-5-2-6-10-13(12)17-14(16)11-7-3-1-4-8-11/h1,3-4,7-8,10H,2,5-6,9H2. The number of rotatable bonds is 2. The summed E-state index contributed by atoms with van der Waals surface area (Å²) in [5.41, 5.74) is 0.463. The lowest BCUT2D eigenvalue weighted by Gasteiger charge is -2.05. The van der Waals surface area contributed by atoms with Crippen LogP contribution < -0.4 is 0 Å². The van der Waals surface area contributed by atoms with Crippen molar-refractivity contribution in [3.05, 3.63) is 47.7 Å². The fraction of sp³-hybridized carbons (Fsp3) is 0.286. The van der Waals surface area contributed by atoms with Gasteiger partial charge < -0.3 is 4.74 Å². The van der Waals surface area contributed by atoms with Crippen molar-refractivity contribution in [1.29, 1.82) is 0 Å². The van der Waals surface area contributed by atoms with Gasteiger partial charge in [-0.25, -0.2) is 4.79 Å². The van der Waals surface area contributed by atoms with Crippen LogP contribution in [-0.4, -0.2) is 11.8 Å². The van der Waals surface area contributed by atoms with Crippen LogP contribution in [0.25, 0.3) is 0 Å². The lowest BCUT2D eigenvalue weighted by atomic mass is 10.2. The molecule has 1 aliphatic carbocycles. The molecule has 88 valence electrons. The fourth-order valence-corrected chi connectivity index (χ4v) is 1.73. The molecule has 0 unspecified atom stereocenters. The monoisotopic (exact) mass is 230 g/mol. The highest BCUT2D eigenvalue weighted by Gasteiger charge is 2.17. The van der Waals surface area contributed by atoms with Crippen molar-refractivity contribution in [2.24, 2.45) is 0 Å². The van der Waals surface area contributed by atoms with E-state index in [0.29, 0.717) is 12.0 Å². The van der Waals surface area contributed by atoms with E-state index in [0.717, 1.165) is 19.3 Å². The molecule has 0 aliphatic heterocycles. The van der Waals surface area contributed by atoms with Gasteiger partial charge in [0.05, 0.1) is 5.56 Å². The molecule has 1 aromatic carbocycles. The number of hydrogen-bond donors (Lipinski definition) is 0. The zero-order valence-corrected chi connectivity index (χ0v) is 9.52. The number of carbonyl (C=O) groups excluding carboxylic acids is 2. The quantitative estimate of drug-likeness (QED) is 0.734. The third kappa shape index (κ3) is 3.03. The Hall–Kier alpha value is -1.90. The highest BCUT2D eigenvalue weighted by molar-refractivity contribution is 5.98. The van der Waals surface area contributed by atoms with Crippen LogP contribution in [0.4, 0.5) is 0 Å². The number of ketones is 1. The van der Waals surface area contributed by atoms with E-state index in [4.69, 9.17) is 4.74 Å². The van der Waals surface area contributed by atoms with Gasteiger partial charge in [-0.15, -0.1) is 0 Å². The van der Waals surface area contributed by atoms with E-state index in [1.54, 1.807) is 30.3 Å². The van der Waals surface area contributed by atoms with Crippen LogP contribution in [0.3, 0.4) is 0 Å². The highest BCUT2D eigenvalue weighted by atomic mass is 16.5. The van der Waals surface area contributed by atoms with Crippen molar-refractivity contribution in [2.45, 2.75) is 25.7 Å². The van der Waals surface area contributed by atoms with E-state index >= 15 is 0 Å². The van der Waals surface area contributed by atoms with E-state index in [1.807, 2.05) is 6.07 Å². The van der Waals surface area contributed by atoms with E-state index in [-0.39, 0.29) is 11.5 Å². The molecule has 0 fully saturated rings. The molecule has 1 aromatic rings. The van der Waals surface area contributed by atoms with Crippen LogP contribution in [0.1, 0.15) is 36.0 Å². The van der Waals surface area contributed by atoms with Crippen molar-refractivity contribution < 1.29 is 14.3 Å². The maximum Gasteiger partial charge on any atom is 0.343 e. The van der Waals surface area contributed by atoms with Gasteiger partial charge in [-0.05, 0) is 37.5 Å². The summed E-state index contributed by atoms with van der Waals surface area (Å²) < 4.78 is 5.14. The molecule has 0 amide bonds. The second-order valence-corrected chi connectivity index (χ2v) is 3.99. The van der Waals surface area contributed by atoms with Crippen molar-refractivity contribution in [2.75, 3.05) is 0 Å². The van der Waals surface area contributed by atoms with Crippen LogP contribution in [0, 0.1) is 0 Å². The van der Waals surface area contributed by atoms with Crippen molar-refractivity contribution >= 4 is 11.8 Å². The van der Waals surface area contributed by atoms with Gasteiger partial charge in [0.15, 0.2) is 11.5 Å². The maximum absolute atomic E-state index is 11.8. The zero-order valence-electron chi connectivity index (χ0n) is 9.52. The van der Waals surface area contributed by atoms with Crippen LogP contribution >= 0.6 is 0 Å². The van der Waals surface area contributed by atoms with Gasteiger partial charge in [-0.3, -0.25) is 4.79 Å². The number of benzene rings is 1. The Bertz CT molecular complexity index is 446. The molecule has 0 heterocycles. The summed E-state index contributed by atoms with van der Waals surface area (Å²) in [5, 5.41) is 0. The van der Waals surface area contributed by atoms with E-state index in [1.165, 1.54) is 0 Å². The van der Waals surface area contributed by atoms with Gasteiger partial charge in [0.2, 0.25) is 0 Å². The van der Waals surface area contributed by atoms with Gasteiger partial charge in [-0.1, -0.05) is 18.2 Å². The molecule has 0 aromatic heterocycles. The van der Waals surface area contributed by atoms with Gasteiger partial charge in [0, 0.05) is 6.42 Å². The molecule has 2 rings (SSSR count). The Labute approximate surface area is 100 Å². The van der Waals surface area contributed by atoms with Gasteiger partial charge in [-0.2, -0.15) is 0 Å². The first-order chi connectivity index (χ1) is 8.27. The molecular weight excluding hydrogens is 216 g/mol. The van der Waals surface area contributed by atoms with Crippen molar-refractivity contribution in [3.8, 4) is 0 Å². The molecular formula is C14H14O3. The van der Waals surface area contributed by atoms with E-state index in [9.17, 15) is 9.59 Å². The van der Waals surface area contributed by atoms with Crippen LogP contribution in [-0.2, 0) is 9.53 Å². The summed E-state index contributed by atoms with van der Waals surface area (Å²) in [6.07, 6.45) is 4.81. The molecule has 0 spiro atoms. The van der Waals surface area contributed by atoms with Gasteiger partial charge in [0.25, 0.3) is 0 Å². The lowest BCUT2D eigenvalue weighted by molar-refractivity contribution is -0.118. The summed E-state index contributed by atoms with van der Waals surface area (Å²) in [6.45, 7) is 0. The minimum atomic E-state index is -0.466. The topological polar surface area (TPSA) is 43.4 Å². The number of hydrogen-bond acceptors (Lipinski definition) is 3. The Morgan fingerprint density at radius 2 is 1.88 bits per heavy atom. The molecule has 0 saturated carbocycles. The van der Waals surface area contributed by atoms with Crippen molar-refractivity contribution in [1.82, 2.24) is 0 Å². The third-order valence-electron chi connectivity index (χ3n) is 2.67. The molecule has 0 atom stereocenters. The van der Waals surface area contributed by atoms with Crippen molar-refractivity contribution in [3.63, 3.8) is 0 Å². The molecule has 0 radical (unpaired) electrons. The first-order valence-electron chi connectivity index (χ1n) is 5.78. The number of carbonyl (C=O) groups is 2. The Balaban J connectivity index is 2.08. The summed E-state index contributed by atoms with van der Waals surface area (Å²) in [5.74, 6) is -0.338. The Morgan fingerprint density at radius 3 is 2.65 bits per heavy atom. The van der Waals surface area contributed by atoms with Crippen LogP contribution in [0.5, 0.6) is 0 Å². The average molecular weight is 230 g/mol. The van der Waals surface area contributed by atoms with Crippen LogP contribution in [0.15, 0.2) is 42.2 Å². The zero-order chi connectivity index (χ0) is 12.1. The van der Waals surface area contributed by atoms with E-state index < -0.39 is 5.97 Å². The predicted molar refractivity (Wildman–Crippen MR) is 63.4 cm³/mol. The van der Waals surface area contributed by atoms with E-state index in [2.05, 4.69) is 0 Å². The van der Waals surface area contributed by atoms with Crippen LogP contribution in [0.2, 0.25) is 0 Å². The molecule has 1 aliphatic rings. The average Bonchev–Trinajstić information content (AvgIpc) is 2.56. The lowest BCUT2D eigenvalue weighted by Crippen LogP contribution is -2.11. The summed E-state index contributed by atoms with van der Waals surface area (Å²) in [4.78, 5) is 23.4. The minimum Gasteiger partial charge on any atom is -0.419 e. The molecule has 0 saturated heterocycles. The number of allylic oxidation sites excluding steroid dienone is 2. The normalized spacial score (nSPS) is 16.0. The minimum absolute atomic E-state index is 0.0771. The Kier molecular flexibility index (Phi) is 3.70. The summed E-state index contributed by atoms with van der Waals surface area (Å²) >= 11 is 0. The summed E-state index contributed by atoms with van der Waals surface area (Å²) in [7, 11) is 0. The molecule has 0 bridgehead atoms. The highest BCUT2D eigenvalue weighted by Crippen LogP contribution is 2.16. The Morgan fingerprint density at radius 1 is 1.12 bits per heavy atom. The van der Waals surface area contributed by atoms with Gasteiger partial charge >= 0.3 is 5.97 Å². The number of ether oxygens (including phenoxy) is 1. The SMILES string of the molecule is O=C1CCCCC=C1OC(=O)c1ccccc1. The molecule has 0 N–H and O–H groups in total. The number of Topliss-reactive ketones (excluding diaryl/α,β-unsaturated/α-hetero) is 1. The molecule has 3 heteroatoms. The van der Waals surface area contributed by atoms with Gasteiger partial charge in [0.1, 0.15) is 0 Å². The maximum atomic E-state index is 11.8. The third-order valence-corrected chi connectivity index (χ3v) is 2.67. The predicted octanol–water partition coefficient (Wildman–Crippen LogP) is 2.87. The molecule has 3 nitrogen and oxygen atoms in total. The molecule has 17 heavy (non-hydrogen) atoms. The largest absolute Gasteiger partial charge is 0.419 e.